The van der Waals surface area contributed by atoms with Crippen molar-refractivity contribution in [1.82, 2.24) is 19.8 Å². The van der Waals surface area contributed by atoms with Crippen molar-refractivity contribution in [2.75, 3.05) is 55.3 Å². The number of carbonyl (C=O) groups is 1. The SMILES string of the molecule is [B]N1CCC[C@H](Oc2ccc(-c3cnc(N)c(C(=O)Nc4cnccc4N4CCOCC4)n3)cc2)C1. The number of nitrogens with zero attached hydrogens (tertiary/aromatic N) is 5. The fourth-order valence-corrected chi connectivity index (χ4v) is 4.41. The van der Waals surface area contributed by atoms with Crippen LogP contribution in [0, 0.1) is 0 Å². The molecule has 3 N–H and O–H groups in total. The summed E-state index contributed by atoms with van der Waals surface area (Å²) in [6.07, 6.45) is 6.92. The van der Waals surface area contributed by atoms with Crippen LogP contribution in [0.5, 0.6) is 5.75 Å². The zero-order chi connectivity index (χ0) is 24.9. The molecular weight excluding hydrogens is 457 g/mol. The van der Waals surface area contributed by atoms with E-state index in [4.69, 9.17) is 23.2 Å². The largest absolute Gasteiger partial charge is 0.489 e. The second-order valence-corrected chi connectivity index (χ2v) is 8.84. The number of carbonyl (C=O) groups excluding carboxylic acids is 1. The average Bonchev–Trinajstić information content (AvgIpc) is 2.90. The predicted molar refractivity (Wildman–Crippen MR) is 138 cm³/mol. The maximum absolute atomic E-state index is 13.2. The molecular formula is C25H28BN7O3. The van der Waals surface area contributed by atoms with Crippen LogP contribution >= 0.6 is 0 Å². The van der Waals surface area contributed by atoms with Crippen molar-refractivity contribution in [3.63, 3.8) is 0 Å². The minimum atomic E-state index is -0.451. The fourth-order valence-electron chi connectivity index (χ4n) is 4.41. The molecule has 5 rings (SSSR count). The molecule has 0 unspecified atom stereocenters. The van der Waals surface area contributed by atoms with E-state index in [1.54, 1.807) is 23.4 Å². The van der Waals surface area contributed by atoms with Crippen molar-refractivity contribution in [3.05, 3.63) is 54.6 Å². The standard InChI is InChI=1S/C25H28BN7O3/c26-33-9-1-2-19(16-33)36-18-5-3-17(4-6-18)20-15-29-24(27)23(30-20)25(34)31-21-14-28-8-7-22(21)32-10-12-35-13-11-32/h3-8,14-15,19H,1-2,9-13,16H2,(H2,27,29)(H,31,34)/t19-/m0/s1. The van der Waals surface area contributed by atoms with Gasteiger partial charge in [0.1, 0.15) is 11.9 Å². The van der Waals surface area contributed by atoms with E-state index in [2.05, 4.69) is 25.2 Å². The van der Waals surface area contributed by atoms with Gasteiger partial charge in [-0.25, -0.2) is 9.97 Å². The summed E-state index contributed by atoms with van der Waals surface area (Å²) in [5.41, 5.74) is 8.86. The van der Waals surface area contributed by atoms with Crippen LogP contribution in [0.25, 0.3) is 11.3 Å². The van der Waals surface area contributed by atoms with Crippen molar-refractivity contribution in [3.8, 4) is 17.0 Å². The lowest BCUT2D eigenvalue weighted by atomic mass is 10.1. The molecule has 2 aromatic heterocycles. The maximum Gasteiger partial charge on any atom is 0.278 e. The summed E-state index contributed by atoms with van der Waals surface area (Å²) >= 11 is 0. The molecule has 2 saturated heterocycles. The maximum atomic E-state index is 13.2. The first kappa shape index (κ1) is 24.0. The molecule has 2 aliphatic rings. The Morgan fingerprint density at radius 2 is 1.94 bits per heavy atom. The Morgan fingerprint density at radius 3 is 2.72 bits per heavy atom. The Bertz CT molecular complexity index is 1200. The molecule has 0 bridgehead atoms. The first-order valence-electron chi connectivity index (χ1n) is 12.0. The zero-order valence-corrected chi connectivity index (χ0v) is 20.0. The number of amides is 1. The minimum Gasteiger partial charge on any atom is -0.489 e. The molecule has 1 amide bonds. The van der Waals surface area contributed by atoms with Crippen molar-refractivity contribution in [1.29, 1.82) is 0 Å². The van der Waals surface area contributed by atoms with Crippen LogP contribution in [-0.4, -0.2) is 79.1 Å². The third-order valence-corrected chi connectivity index (χ3v) is 6.28. The highest BCUT2D eigenvalue weighted by Crippen LogP contribution is 2.27. The summed E-state index contributed by atoms with van der Waals surface area (Å²) in [4.78, 5) is 30.0. The van der Waals surface area contributed by atoms with Gasteiger partial charge in [-0.1, -0.05) is 0 Å². The molecule has 0 aliphatic carbocycles. The molecule has 184 valence electrons. The van der Waals surface area contributed by atoms with E-state index in [1.807, 2.05) is 30.3 Å². The van der Waals surface area contributed by atoms with Crippen molar-refractivity contribution < 1.29 is 14.3 Å². The first-order chi connectivity index (χ1) is 17.6. The van der Waals surface area contributed by atoms with Gasteiger partial charge in [0.15, 0.2) is 19.5 Å². The Morgan fingerprint density at radius 1 is 1.14 bits per heavy atom. The van der Waals surface area contributed by atoms with E-state index in [9.17, 15) is 4.79 Å². The molecule has 0 spiro atoms. The van der Waals surface area contributed by atoms with Gasteiger partial charge in [0.25, 0.3) is 5.91 Å². The smallest absolute Gasteiger partial charge is 0.278 e. The normalized spacial score (nSPS) is 18.6. The van der Waals surface area contributed by atoms with E-state index in [0.29, 0.717) is 31.1 Å². The number of morpholine rings is 1. The summed E-state index contributed by atoms with van der Waals surface area (Å²) in [5.74, 6) is 0.359. The van der Waals surface area contributed by atoms with Crippen LogP contribution in [0.4, 0.5) is 17.2 Å². The van der Waals surface area contributed by atoms with Crippen molar-refractivity contribution in [2.45, 2.75) is 18.9 Å². The highest BCUT2D eigenvalue weighted by molar-refractivity contribution is 6.07. The number of nitrogens with one attached hydrogen (secondary N) is 1. The molecule has 0 saturated carbocycles. The summed E-state index contributed by atoms with van der Waals surface area (Å²) in [5, 5.41) is 2.90. The van der Waals surface area contributed by atoms with Crippen LogP contribution < -0.4 is 20.7 Å². The third kappa shape index (κ3) is 5.58. The van der Waals surface area contributed by atoms with Gasteiger partial charge in [-0.3, -0.25) is 9.78 Å². The summed E-state index contributed by atoms with van der Waals surface area (Å²) < 4.78 is 11.5. The lowest BCUT2D eigenvalue weighted by Crippen LogP contribution is -2.39. The Hall–Kier alpha value is -3.70. The second kappa shape index (κ2) is 10.9. The van der Waals surface area contributed by atoms with E-state index in [-0.39, 0.29) is 17.6 Å². The molecule has 4 heterocycles. The Labute approximate surface area is 211 Å². The molecule has 10 nitrogen and oxygen atoms in total. The van der Waals surface area contributed by atoms with Gasteiger partial charge in [0.2, 0.25) is 0 Å². The number of hydrogen-bond acceptors (Lipinski definition) is 9. The number of anilines is 3. The predicted octanol–water partition coefficient (Wildman–Crippen LogP) is 2.14. The molecule has 2 radical (unpaired) electrons. The number of nitrogen functional groups attached to an aromatic ring is 1. The molecule has 2 fully saturated rings. The quantitative estimate of drug-likeness (QED) is 0.506. The van der Waals surface area contributed by atoms with Crippen molar-refractivity contribution >= 4 is 31.1 Å². The van der Waals surface area contributed by atoms with Crippen LogP contribution in [0.3, 0.4) is 0 Å². The van der Waals surface area contributed by atoms with E-state index < -0.39 is 5.91 Å². The van der Waals surface area contributed by atoms with Gasteiger partial charge in [-0.05, 0) is 49.7 Å². The van der Waals surface area contributed by atoms with Crippen LogP contribution in [-0.2, 0) is 4.74 Å². The summed E-state index contributed by atoms with van der Waals surface area (Å²) in [7, 11) is 5.91. The van der Waals surface area contributed by atoms with Gasteiger partial charge >= 0.3 is 0 Å². The Balaban J connectivity index is 1.31. The van der Waals surface area contributed by atoms with Gasteiger partial charge in [-0.2, -0.15) is 0 Å². The number of ether oxygens (including phenoxy) is 2. The lowest BCUT2D eigenvalue weighted by molar-refractivity contribution is 0.102. The zero-order valence-electron chi connectivity index (χ0n) is 20.0. The van der Waals surface area contributed by atoms with Gasteiger partial charge in [0, 0.05) is 31.4 Å². The molecule has 3 aromatic rings. The highest BCUT2D eigenvalue weighted by atomic mass is 16.5. The van der Waals surface area contributed by atoms with Crippen LogP contribution in [0.1, 0.15) is 23.3 Å². The monoisotopic (exact) mass is 485 g/mol. The number of benzene rings is 1. The molecule has 2 aliphatic heterocycles. The number of nitrogens with two attached hydrogens (primary N) is 1. The average molecular weight is 485 g/mol. The number of pyridine rings is 1. The molecule has 1 aromatic carbocycles. The van der Waals surface area contributed by atoms with Gasteiger partial charge in [-0.15, -0.1) is 0 Å². The van der Waals surface area contributed by atoms with E-state index >= 15 is 0 Å². The van der Waals surface area contributed by atoms with Crippen LogP contribution in [0.15, 0.2) is 48.9 Å². The Kier molecular flexibility index (Phi) is 7.29. The number of hydrogen-bond donors (Lipinski definition) is 2. The second-order valence-electron chi connectivity index (χ2n) is 8.84. The topological polar surface area (TPSA) is 119 Å². The number of piperidine rings is 1. The van der Waals surface area contributed by atoms with Crippen molar-refractivity contribution in [2.24, 2.45) is 0 Å². The lowest BCUT2D eigenvalue weighted by Gasteiger charge is -2.30. The van der Waals surface area contributed by atoms with Gasteiger partial charge < -0.3 is 30.2 Å². The summed E-state index contributed by atoms with van der Waals surface area (Å²) in [6.45, 7) is 4.32. The first-order valence-corrected chi connectivity index (χ1v) is 12.0. The highest BCUT2D eigenvalue weighted by Gasteiger charge is 2.21. The third-order valence-electron chi connectivity index (χ3n) is 6.28. The fraction of sp³-hybridized carbons (Fsp3) is 0.360. The van der Waals surface area contributed by atoms with E-state index in [1.165, 1.54) is 0 Å². The molecule has 1 atom stereocenters. The summed E-state index contributed by atoms with van der Waals surface area (Å²) in [6, 6.07) is 9.41. The number of aromatic nitrogens is 3. The minimum absolute atomic E-state index is 0.0508. The van der Waals surface area contributed by atoms with E-state index in [0.717, 1.165) is 49.5 Å². The molecule has 36 heavy (non-hydrogen) atoms. The van der Waals surface area contributed by atoms with Crippen LogP contribution in [0.2, 0.25) is 0 Å². The molecule has 11 heteroatoms. The number of rotatable bonds is 6. The van der Waals surface area contributed by atoms with Gasteiger partial charge in [0.05, 0.1) is 42.7 Å².